The first-order valence-corrected chi connectivity index (χ1v) is 9.18. The van der Waals surface area contributed by atoms with Gasteiger partial charge in [-0.2, -0.15) is 0 Å². The third-order valence-electron chi connectivity index (χ3n) is 5.04. The first kappa shape index (κ1) is 17.6. The second-order valence-electron chi connectivity index (χ2n) is 7.20. The van der Waals surface area contributed by atoms with Crippen LogP contribution >= 0.6 is 0 Å². The van der Waals surface area contributed by atoms with Crippen molar-refractivity contribution < 1.29 is 9.84 Å². The Morgan fingerprint density at radius 1 is 1.29 bits per heavy atom. The standard InChI is InChI=1S/C18H30N4O2/c1-13-20-17(14-10-15(23)11-14)12-18(21-13)19-6-3-9-24-16-4-7-22(2)8-5-16/h12,14-16,23H,3-11H2,1-2H3,(H,19,20,21). The number of nitrogens with zero attached hydrogens (tertiary/aromatic N) is 3. The number of aliphatic hydroxyl groups excluding tert-OH is 1. The number of likely N-dealkylation sites (tertiary alicyclic amines) is 1. The topological polar surface area (TPSA) is 70.5 Å². The molecule has 0 aromatic carbocycles. The van der Waals surface area contributed by atoms with Gasteiger partial charge >= 0.3 is 0 Å². The molecule has 2 aliphatic rings. The van der Waals surface area contributed by atoms with Crippen molar-refractivity contribution >= 4 is 5.82 Å². The van der Waals surface area contributed by atoms with Crippen molar-refractivity contribution in [2.75, 3.05) is 38.6 Å². The summed E-state index contributed by atoms with van der Waals surface area (Å²) in [5, 5.41) is 12.8. The molecule has 1 aliphatic carbocycles. The predicted molar refractivity (Wildman–Crippen MR) is 94.3 cm³/mol. The lowest BCUT2D eigenvalue weighted by molar-refractivity contribution is 0.0125. The number of hydrogen-bond donors (Lipinski definition) is 2. The summed E-state index contributed by atoms with van der Waals surface area (Å²) in [6.07, 6.45) is 5.18. The van der Waals surface area contributed by atoms with Gasteiger partial charge in [-0.3, -0.25) is 0 Å². The van der Waals surface area contributed by atoms with E-state index in [0.717, 1.165) is 75.7 Å². The molecule has 1 saturated carbocycles. The monoisotopic (exact) mass is 334 g/mol. The minimum atomic E-state index is -0.154. The van der Waals surface area contributed by atoms with Gasteiger partial charge < -0.3 is 20.1 Å². The van der Waals surface area contributed by atoms with Gasteiger partial charge in [0, 0.05) is 43.9 Å². The van der Waals surface area contributed by atoms with Crippen LogP contribution in [0.5, 0.6) is 0 Å². The molecule has 0 atom stereocenters. The quantitative estimate of drug-likeness (QED) is 0.743. The number of anilines is 1. The molecule has 1 saturated heterocycles. The molecule has 1 aromatic heterocycles. The maximum Gasteiger partial charge on any atom is 0.129 e. The van der Waals surface area contributed by atoms with Gasteiger partial charge in [0.15, 0.2) is 0 Å². The van der Waals surface area contributed by atoms with E-state index < -0.39 is 0 Å². The summed E-state index contributed by atoms with van der Waals surface area (Å²) in [5.74, 6) is 2.06. The molecule has 1 aromatic rings. The molecule has 1 aliphatic heterocycles. The number of ether oxygens (including phenoxy) is 1. The Labute approximate surface area is 144 Å². The Morgan fingerprint density at radius 3 is 2.75 bits per heavy atom. The number of aliphatic hydroxyl groups is 1. The molecule has 0 radical (unpaired) electrons. The molecule has 2 heterocycles. The fraction of sp³-hybridized carbons (Fsp3) is 0.778. The lowest BCUT2D eigenvalue weighted by atomic mass is 9.80. The second kappa shape index (κ2) is 8.23. The highest BCUT2D eigenvalue weighted by Gasteiger charge is 2.30. The number of rotatable bonds is 7. The van der Waals surface area contributed by atoms with Gasteiger partial charge in [-0.25, -0.2) is 9.97 Å². The molecule has 0 amide bonds. The van der Waals surface area contributed by atoms with Crippen LogP contribution in [0.15, 0.2) is 6.07 Å². The van der Waals surface area contributed by atoms with Gasteiger partial charge in [-0.05, 0) is 46.1 Å². The molecule has 3 rings (SSSR count). The summed E-state index contributed by atoms with van der Waals surface area (Å²) in [4.78, 5) is 11.3. The molecule has 2 fully saturated rings. The number of nitrogens with one attached hydrogen (secondary N) is 1. The molecule has 0 unspecified atom stereocenters. The summed E-state index contributed by atoms with van der Waals surface area (Å²) in [6, 6.07) is 2.03. The highest BCUT2D eigenvalue weighted by Crippen LogP contribution is 2.36. The van der Waals surface area contributed by atoms with Gasteiger partial charge in [-0.15, -0.1) is 0 Å². The highest BCUT2D eigenvalue weighted by molar-refractivity contribution is 5.37. The third kappa shape index (κ3) is 4.88. The van der Waals surface area contributed by atoms with E-state index in [1.165, 1.54) is 0 Å². The minimum absolute atomic E-state index is 0.154. The zero-order valence-electron chi connectivity index (χ0n) is 14.9. The Hall–Kier alpha value is -1.24. The number of hydrogen-bond acceptors (Lipinski definition) is 6. The molecule has 6 heteroatoms. The Morgan fingerprint density at radius 2 is 2.04 bits per heavy atom. The Bertz CT molecular complexity index is 526. The van der Waals surface area contributed by atoms with Crippen LogP contribution in [0.4, 0.5) is 5.82 Å². The summed E-state index contributed by atoms with van der Waals surface area (Å²) < 4.78 is 5.97. The lowest BCUT2D eigenvalue weighted by Crippen LogP contribution is -2.34. The van der Waals surface area contributed by atoms with Crippen LogP contribution in [0.2, 0.25) is 0 Å². The average molecular weight is 334 g/mol. The van der Waals surface area contributed by atoms with Crippen LogP contribution < -0.4 is 5.32 Å². The van der Waals surface area contributed by atoms with E-state index in [0.29, 0.717) is 12.0 Å². The van der Waals surface area contributed by atoms with Gasteiger partial charge in [0.05, 0.1) is 12.2 Å². The van der Waals surface area contributed by atoms with Crippen LogP contribution in [0, 0.1) is 6.92 Å². The van der Waals surface area contributed by atoms with Crippen molar-refractivity contribution in [1.82, 2.24) is 14.9 Å². The Balaban J connectivity index is 1.37. The van der Waals surface area contributed by atoms with Gasteiger partial charge in [0.1, 0.15) is 11.6 Å². The van der Waals surface area contributed by atoms with Crippen molar-refractivity contribution in [1.29, 1.82) is 0 Å². The van der Waals surface area contributed by atoms with E-state index in [2.05, 4.69) is 27.2 Å². The van der Waals surface area contributed by atoms with Crippen molar-refractivity contribution in [3.63, 3.8) is 0 Å². The van der Waals surface area contributed by atoms with Gasteiger partial charge in [-0.1, -0.05) is 0 Å². The Kier molecular flexibility index (Phi) is 6.03. The van der Waals surface area contributed by atoms with E-state index in [1.54, 1.807) is 0 Å². The maximum atomic E-state index is 9.47. The summed E-state index contributed by atoms with van der Waals surface area (Å²) >= 11 is 0. The zero-order chi connectivity index (χ0) is 16.9. The van der Waals surface area contributed by atoms with Crippen LogP contribution in [-0.2, 0) is 4.74 Å². The lowest BCUT2D eigenvalue weighted by Gasteiger charge is -2.31. The van der Waals surface area contributed by atoms with Gasteiger partial charge in [0.25, 0.3) is 0 Å². The molecule has 6 nitrogen and oxygen atoms in total. The van der Waals surface area contributed by atoms with E-state index in [4.69, 9.17) is 4.74 Å². The van der Waals surface area contributed by atoms with Crippen molar-refractivity contribution in [2.24, 2.45) is 0 Å². The second-order valence-corrected chi connectivity index (χ2v) is 7.20. The molecular weight excluding hydrogens is 304 g/mol. The van der Waals surface area contributed by atoms with E-state index in [1.807, 2.05) is 13.0 Å². The van der Waals surface area contributed by atoms with Crippen LogP contribution in [0.3, 0.4) is 0 Å². The summed E-state index contributed by atoms with van der Waals surface area (Å²) in [5.41, 5.74) is 1.05. The molecule has 134 valence electrons. The van der Waals surface area contributed by atoms with Crippen LogP contribution in [0.1, 0.15) is 49.5 Å². The third-order valence-corrected chi connectivity index (χ3v) is 5.04. The van der Waals surface area contributed by atoms with Gasteiger partial charge in [0.2, 0.25) is 0 Å². The smallest absolute Gasteiger partial charge is 0.129 e. The summed E-state index contributed by atoms with van der Waals surface area (Å²) in [7, 11) is 2.17. The van der Waals surface area contributed by atoms with Crippen molar-refractivity contribution in [2.45, 2.75) is 57.2 Å². The number of aryl methyl sites for hydroxylation is 1. The molecule has 2 N–H and O–H groups in total. The van der Waals surface area contributed by atoms with E-state index in [9.17, 15) is 5.11 Å². The minimum Gasteiger partial charge on any atom is -0.393 e. The SMILES string of the molecule is Cc1nc(NCCCOC2CCN(C)CC2)cc(C2CC(O)C2)n1. The predicted octanol–water partition coefficient (Wildman–Crippen LogP) is 1.94. The molecule has 24 heavy (non-hydrogen) atoms. The van der Waals surface area contributed by atoms with Crippen molar-refractivity contribution in [3.8, 4) is 0 Å². The van der Waals surface area contributed by atoms with E-state index >= 15 is 0 Å². The molecular formula is C18H30N4O2. The molecule has 0 bridgehead atoms. The first-order valence-electron chi connectivity index (χ1n) is 9.18. The highest BCUT2D eigenvalue weighted by atomic mass is 16.5. The fourth-order valence-electron chi connectivity index (χ4n) is 3.41. The number of piperidine rings is 1. The molecule has 0 spiro atoms. The van der Waals surface area contributed by atoms with Crippen LogP contribution in [0.25, 0.3) is 0 Å². The number of aromatic nitrogens is 2. The zero-order valence-corrected chi connectivity index (χ0v) is 14.9. The van der Waals surface area contributed by atoms with E-state index in [-0.39, 0.29) is 6.10 Å². The first-order chi connectivity index (χ1) is 11.6. The average Bonchev–Trinajstić information content (AvgIpc) is 2.53. The largest absolute Gasteiger partial charge is 0.393 e. The summed E-state index contributed by atoms with van der Waals surface area (Å²) in [6.45, 7) is 5.86. The fourth-order valence-corrected chi connectivity index (χ4v) is 3.41. The van der Waals surface area contributed by atoms with Crippen LogP contribution in [-0.4, -0.2) is 65.5 Å². The maximum absolute atomic E-state index is 9.47. The normalized spacial score (nSPS) is 25.5. The van der Waals surface area contributed by atoms with Crippen molar-refractivity contribution in [3.05, 3.63) is 17.6 Å².